The molecule has 0 spiro atoms. The van der Waals surface area contributed by atoms with Crippen LogP contribution in [0.2, 0.25) is 0 Å². The van der Waals surface area contributed by atoms with E-state index in [1.54, 1.807) is 4.90 Å². The van der Waals surface area contributed by atoms with Gasteiger partial charge in [-0.15, -0.1) is 0 Å². The van der Waals surface area contributed by atoms with Crippen LogP contribution in [0.1, 0.15) is 25.5 Å². The summed E-state index contributed by atoms with van der Waals surface area (Å²) in [5.41, 5.74) is 7.77. The van der Waals surface area contributed by atoms with Crippen LogP contribution in [-0.4, -0.2) is 12.5 Å². The Labute approximate surface area is 104 Å². The number of hydrogen-bond acceptors (Lipinski definition) is 2. The molecule has 3 nitrogen and oxygen atoms in total. The van der Waals surface area contributed by atoms with Crippen molar-refractivity contribution in [3.8, 4) is 0 Å². The van der Waals surface area contributed by atoms with Crippen molar-refractivity contribution in [3.63, 3.8) is 0 Å². The van der Waals surface area contributed by atoms with Crippen LogP contribution in [0.4, 0.5) is 5.69 Å². The summed E-state index contributed by atoms with van der Waals surface area (Å²) >= 11 is 3.42. The number of benzene rings is 1. The lowest BCUT2D eigenvalue weighted by molar-refractivity contribution is -0.119. The van der Waals surface area contributed by atoms with Crippen molar-refractivity contribution in [1.82, 2.24) is 0 Å². The predicted octanol–water partition coefficient (Wildman–Crippen LogP) is 2.45. The molecule has 1 heterocycles. The van der Waals surface area contributed by atoms with Gasteiger partial charge in [0.1, 0.15) is 6.04 Å². The summed E-state index contributed by atoms with van der Waals surface area (Å²) in [5, 5.41) is 0. The average Bonchev–Trinajstić information content (AvgIpc) is 2.43. The molecule has 4 heteroatoms. The van der Waals surface area contributed by atoms with Gasteiger partial charge in [-0.3, -0.25) is 4.79 Å². The van der Waals surface area contributed by atoms with Gasteiger partial charge in [0.2, 0.25) is 5.91 Å². The number of nitrogens with zero attached hydrogens (tertiary/aromatic N) is 1. The van der Waals surface area contributed by atoms with Gasteiger partial charge in [-0.25, -0.2) is 0 Å². The van der Waals surface area contributed by atoms with Crippen LogP contribution in [-0.2, 0) is 4.79 Å². The zero-order valence-electron chi connectivity index (χ0n) is 9.40. The fourth-order valence-corrected chi connectivity index (χ4v) is 2.34. The first-order chi connectivity index (χ1) is 7.50. The van der Waals surface area contributed by atoms with E-state index in [-0.39, 0.29) is 5.91 Å². The molecule has 0 saturated heterocycles. The van der Waals surface area contributed by atoms with Gasteiger partial charge in [0, 0.05) is 16.6 Å². The molecule has 0 saturated carbocycles. The number of anilines is 1. The number of halogens is 1. The molecule has 1 amide bonds. The number of hydrogen-bond donors (Lipinski definition) is 1. The van der Waals surface area contributed by atoms with Gasteiger partial charge in [0.15, 0.2) is 0 Å². The molecule has 0 fully saturated rings. The second-order valence-corrected chi connectivity index (χ2v) is 5.44. The summed E-state index contributed by atoms with van der Waals surface area (Å²) in [7, 11) is 0. The summed E-state index contributed by atoms with van der Waals surface area (Å²) in [4.78, 5) is 13.8. The van der Waals surface area contributed by atoms with Crippen molar-refractivity contribution < 1.29 is 4.79 Å². The number of fused-ring (bicyclic) bond motifs is 1. The Hall–Kier alpha value is -0.870. The van der Waals surface area contributed by atoms with E-state index in [0.717, 1.165) is 22.3 Å². The molecular weight excluding hydrogens is 268 g/mol. The van der Waals surface area contributed by atoms with Crippen LogP contribution in [0.15, 0.2) is 22.7 Å². The first kappa shape index (κ1) is 11.6. The number of amides is 1. The maximum atomic E-state index is 12.0. The minimum absolute atomic E-state index is 0.00167. The summed E-state index contributed by atoms with van der Waals surface area (Å²) in [5.74, 6) is 0.433. The van der Waals surface area contributed by atoms with Gasteiger partial charge in [0.25, 0.3) is 0 Å². The molecule has 16 heavy (non-hydrogen) atoms. The van der Waals surface area contributed by atoms with E-state index in [4.69, 9.17) is 5.73 Å². The van der Waals surface area contributed by atoms with Crippen LogP contribution >= 0.6 is 15.9 Å². The van der Waals surface area contributed by atoms with Gasteiger partial charge < -0.3 is 10.6 Å². The average molecular weight is 283 g/mol. The summed E-state index contributed by atoms with van der Waals surface area (Å²) in [6.07, 6.45) is 0. The second kappa shape index (κ2) is 4.18. The first-order valence-electron chi connectivity index (χ1n) is 5.37. The van der Waals surface area contributed by atoms with E-state index in [1.807, 2.05) is 18.2 Å². The lowest BCUT2D eigenvalue weighted by Crippen LogP contribution is -2.34. The molecule has 1 atom stereocenters. The Kier molecular flexibility index (Phi) is 3.04. The normalized spacial score (nSPS) is 19.4. The van der Waals surface area contributed by atoms with E-state index in [1.165, 1.54) is 0 Å². The fraction of sp³-hybridized carbons (Fsp3) is 0.417. The van der Waals surface area contributed by atoms with Crippen molar-refractivity contribution >= 4 is 27.5 Å². The maximum Gasteiger partial charge on any atom is 0.248 e. The Balaban J connectivity index is 2.43. The van der Waals surface area contributed by atoms with Gasteiger partial charge in [-0.2, -0.15) is 0 Å². The van der Waals surface area contributed by atoms with E-state index in [9.17, 15) is 4.79 Å². The number of rotatable bonds is 2. The molecule has 1 aromatic carbocycles. The second-order valence-electron chi connectivity index (χ2n) is 4.52. The van der Waals surface area contributed by atoms with E-state index in [2.05, 4.69) is 29.8 Å². The zero-order chi connectivity index (χ0) is 11.9. The van der Waals surface area contributed by atoms with E-state index in [0.29, 0.717) is 5.92 Å². The number of nitrogens with two attached hydrogens (primary N) is 1. The predicted molar refractivity (Wildman–Crippen MR) is 68.3 cm³/mol. The van der Waals surface area contributed by atoms with Crippen LogP contribution < -0.4 is 10.6 Å². The highest BCUT2D eigenvalue weighted by Crippen LogP contribution is 2.36. The molecule has 2 N–H and O–H groups in total. The standard InChI is InChI=1S/C12H15BrN2O/c1-7(2)6-15-10-5-8(13)3-4-9(10)11(14)12(15)16/h3-5,7,11H,6,14H2,1-2H3. The Bertz CT molecular complexity index is 431. The van der Waals surface area contributed by atoms with E-state index < -0.39 is 6.04 Å². The van der Waals surface area contributed by atoms with Crippen LogP contribution in [0.25, 0.3) is 0 Å². The third-order valence-corrected chi connectivity index (χ3v) is 3.19. The van der Waals surface area contributed by atoms with Gasteiger partial charge in [0.05, 0.1) is 5.69 Å². The topological polar surface area (TPSA) is 46.3 Å². The molecule has 0 radical (unpaired) electrons. The molecule has 1 aliphatic rings. The van der Waals surface area contributed by atoms with E-state index >= 15 is 0 Å². The van der Waals surface area contributed by atoms with Crippen LogP contribution in [0.3, 0.4) is 0 Å². The first-order valence-corrected chi connectivity index (χ1v) is 6.16. The summed E-state index contributed by atoms with van der Waals surface area (Å²) in [6.45, 7) is 4.90. The Morgan fingerprint density at radius 2 is 2.19 bits per heavy atom. The number of carbonyl (C=O) groups excluding carboxylic acids is 1. The van der Waals surface area contributed by atoms with Gasteiger partial charge in [-0.05, 0) is 18.1 Å². The molecule has 2 rings (SSSR count). The smallest absolute Gasteiger partial charge is 0.248 e. The van der Waals surface area contributed by atoms with Crippen molar-refractivity contribution in [2.75, 3.05) is 11.4 Å². The molecular formula is C12H15BrN2O. The molecule has 1 aromatic rings. The van der Waals surface area contributed by atoms with Crippen LogP contribution in [0.5, 0.6) is 0 Å². The molecule has 1 aliphatic heterocycles. The highest BCUT2D eigenvalue weighted by molar-refractivity contribution is 9.10. The molecule has 86 valence electrons. The third kappa shape index (κ3) is 1.87. The largest absolute Gasteiger partial charge is 0.316 e. The quantitative estimate of drug-likeness (QED) is 0.906. The minimum atomic E-state index is -0.498. The third-order valence-electron chi connectivity index (χ3n) is 2.70. The number of carbonyl (C=O) groups is 1. The lowest BCUT2D eigenvalue weighted by Gasteiger charge is -2.19. The van der Waals surface area contributed by atoms with Crippen LogP contribution in [0, 0.1) is 5.92 Å². The monoisotopic (exact) mass is 282 g/mol. The fourth-order valence-electron chi connectivity index (χ4n) is 1.99. The molecule has 0 bridgehead atoms. The summed E-state index contributed by atoms with van der Waals surface area (Å²) < 4.78 is 0.974. The molecule has 0 aromatic heterocycles. The SMILES string of the molecule is CC(C)CN1C(=O)C(N)c2ccc(Br)cc21. The lowest BCUT2D eigenvalue weighted by atomic mass is 10.1. The Morgan fingerprint density at radius 1 is 1.50 bits per heavy atom. The van der Waals surface area contributed by atoms with Crippen molar-refractivity contribution in [1.29, 1.82) is 0 Å². The van der Waals surface area contributed by atoms with Gasteiger partial charge in [-0.1, -0.05) is 35.8 Å². The highest BCUT2D eigenvalue weighted by Gasteiger charge is 2.34. The maximum absolute atomic E-state index is 12.0. The Morgan fingerprint density at radius 3 is 2.81 bits per heavy atom. The molecule has 1 unspecified atom stereocenters. The summed E-state index contributed by atoms with van der Waals surface area (Å²) in [6, 6.07) is 5.30. The highest BCUT2D eigenvalue weighted by atomic mass is 79.9. The zero-order valence-corrected chi connectivity index (χ0v) is 11.0. The van der Waals surface area contributed by atoms with Crippen molar-refractivity contribution in [3.05, 3.63) is 28.2 Å². The minimum Gasteiger partial charge on any atom is -0.316 e. The van der Waals surface area contributed by atoms with Crippen molar-refractivity contribution in [2.45, 2.75) is 19.9 Å². The molecule has 0 aliphatic carbocycles. The van der Waals surface area contributed by atoms with Gasteiger partial charge >= 0.3 is 0 Å². The van der Waals surface area contributed by atoms with Crippen molar-refractivity contribution in [2.24, 2.45) is 11.7 Å².